The van der Waals surface area contributed by atoms with Gasteiger partial charge in [-0.25, -0.2) is 0 Å². The summed E-state index contributed by atoms with van der Waals surface area (Å²) < 4.78 is 5.29. The monoisotopic (exact) mass is 234 g/mol. The molecule has 17 heavy (non-hydrogen) atoms. The van der Waals surface area contributed by atoms with Crippen LogP contribution in [0.25, 0.3) is 0 Å². The lowest BCUT2D eigenvalue weighted by Crippen LogP contribution is -2.44. The van der Waals surface area contributed by atoms with Crippen LogP contribution in [0.5, 0.6) is 0 Å². The third-order valence-corrected chi connectivity index (χ3v) is 4.76. The standard InChI is InChI=1S/C16H26O/c1-12-6-5-7-13(11-17-4)8-9-15-14(12)10-16(15,2)3/h7,14-15H,1,5-6,8-11H2,2-4H3/b13-7+. The van der Waals surface area contributed by atoms with Gasteiger partial charge in [0.05, 0.1) is 6.61 Å². The topological polar surface area (TPSA) is 9.23 Å². The number of fused-ring (bicyclic) bond motifs is 1. The lowest BCUT2D eigenvalue weighted by atomic mass is 9.52. The lowest BCUT2D eigenvalue weighted by molar-refractivity contribution is 0.00337. The molecule has 0 N–H and O–H groups in total. The van der Waals surface area contributed by atoms with E-state index in [2.05, 4.69) is 26.5 Å². The second-order valence-corrected chi connectivity index (χ2v) is 6.44. The molecule has 0 aliphatic heterocycles. The van der Waals surface area contributed by atoms with Crippen molar-refractivity contribution in [1.82, 2.24) is 0 Å². The van der Waals surface area contributed by atoms with Crippen molar-refractivity contribution in [3.63, 3.8) is 0 Å². The molecular weight excluding hydrogens is 208 g/mol. The maximum Gasteiger partial charge on any atom is 0.0672 e. The van der Waals surface area contributed by atoms with Crippen LogP contribution < -0.4 is 0 Å². The van der Waals surface area contributed by atoms with Crippen LogP contribution in [0.3, 0.4) is 0 Å². The molecule has 0 saturated heterocycles. The van der Waals surface area contributed by atoms with E-state index in [1.54, 1.807) is 7.11 Å². The summed E-state index contributed by atoms with van der Waals surface area (Å²) in [5.41, 5.74) is 3.50. The first kappa shape index (κ1) is 12.9. The molecule has 1 fully saturated rings. The number of ether oxygens (including phenoxy) is 1. The van der Waals surface area contributed by atoms with Crippen molar-refractivity contribution >= 4 is 0 Å². The number of hydrogen-bond acceptors (Lipinski definition) is 1. The number of hydrogen-bond donors (Lipinski definition) is 0. The van der Waals surface area contributed by atoms with E-state index in [0.29, 0.717) is 5.41 Å². The Morgan fingerprint density at radius 1 is 1.41 bits per heavy atom. The van der Waals surface area contributed by atoms with E-state index in [1.165, 1.54) is 36.8 Å². The van der Waals surface area contributed by atoms with Crippen LogP contribution in [0.1, 0.15) is 46.0 Å². The van der Waals surface area contributed by atoms with E-state index < -0.39 is 0 Å². The Hall–Kier alpha value is -0.560. The average Bonchev–Trinajstić information content (AvgIpc) is 2.30. The van der Waals surface area contributed by atoms with Crippen molar-refractivity contribution < 1.29 is 4.74 Å². The van der Waals surface area contributed by atoms with Crippen molar-refractivity contribution in [2.24, 2.45) is 17.3 Å². The molecule has 2 atom stereocenters. The number of methoxy groups -OCH3 is 1. The summed E-state index contributed by atoms with van der Waals surface area (Å²) in [4.78, 5) is 0. The Morgan fingerprint density at radius 2 is 2.18 bits per heavy atom. The Bertz CT molecular complexity index is 324. The van der Waals surface area contributed by atoms with Crippen LogP contribution >= 0.6 is 0 Å². The molecule has 96 valence electrons. The number of rotatable bonds is 2. The van der Waals surface area contributed by atoms with Gasteiger partial charge in [-0.15, -0.1) is 0 Å². The molecule has 0 aromatic heterocycles. The highest BCUT2D eigenvalue weighted by atomic mass is 16.5. The maximum absolute atomic E-state index is 5.29. The summed E-state index contributed by atoms with van der Waals surface area (Å²) in [6, 6.07) is 0. The van der Waals surface area contributed by atoms with Crippen LogP contribution in [0.4, 0.5) is 0 Å². The summed E-state index contributed by atoms with van der Waals surface area (Å²) in [5, 5.41) is 0. The summed E-state index contributed by atoms with van der Waals surface area (Å²) in [5.74, 6) is 1.63. The van der Waals surface area contributed by atoms with Crippen molar-refractivity contribution in [3.8, 4) is 0 Å². The van der Waals surface area contributed by atoms with E-state index in [-0.39, 0.29) is 0 Å². The SMILES string of the molecule is C=C1CC/C=C(/COC)CCC2C1CC2(C)C. The molecule has 0 aromatic carbocycles. The minimum Gasteiger partial charge on any atom is -0.380 e. The fraction of sp³-hybridized carbons (Fsp3) is 0.750. The van der Waals surface area contributed by atoms with Gasteiger partial charge in [0.2, 0.25) is 0 Å². The van der Waals surface area contributed by atoms with Crippen molar-refractivity contribution in [3.05, 3.63) is 23.8 Å². The van der Waals surface area contributed by atoms with Crippen LogP contribution in [0, 0.1) is 17.3 Å². The van der Waals surface area contributed by atoms with Gasteiger partial charge in [-0.1, -0.05) is 32.1 Å². The zero-order chi connectivity index (χ0) is 12.5. The Balaban J connectivity index is 2.07. The fourth-order valence-electron chi connectivity index (χ4n) is 3.67. The molecule has 2 unspecified atom stereocenters. The Kier molecular flexibility index (Phi) is 3.77. The molecule has 1 nitrogen and oxygen atoms in total. The van der Waals surface area contributed by atoms with Gasteiger partial charge in [0.1, 0.15) is 0 Å². The van der Waals surface area contributed by atoms with E-state index in [0.717, 1.165) is 24.9 Å². The number of allylic oxidation sites excluding steroid dienone is 2. The first-order chi connectivity index (χ1) is 8.04. The molecule has 0 bridgehead atoms. The van der Waals surface area contributed by atoms with Crippen molar-refractivity contribution in [1.29, 1.82) is 0 Å². The van der Waals surface area contributed by atoms with Gasteiger partial charge in [-0.3, -0.25) is 0 Å². The molecule has 2 aliphatic rings. The van der Waals surface area contributed by atoms with E-state index >= 15 is 0 Å². The van der Waals surface area contributed by atoms with Crippen LogP contribution in [0.15, 0.2) is 23.8 Å². The first-order valence-electron chi connectivity index (χ1n) is 6.89. The molecule has 0 heterocycles. The quantitative estimate of drug-likeness (QED) is 0.645. The zero-order valence-corrected chi connectivity index (χ0v) is 11.6. The minimum atomic E-state index is 0.524. The summed E-state index contributed by atoms with van der Waals surface area (Å²) >= 11 is 0. The molecule has 2 rings (SSSR count). The predicted octanol–water partition coefficient (Wildman–Crippen LogP) is 4.35. The van der Waals surface area contributed by atoms with E-state index in [9.17, 15) is 0 Å². The average molecular weight is 234 g/mol. The predicted molar refractivity (Wildman–Crippen MR) is 72.9 cm³/mol. The molecule has 2 aliphatic carbocycles. The Labute approximate surface area is 106 Å². The zero-order valence-electron chi connectivity index (χ0n) is 11.6. The van der Waals surface area contributed by atoms with Gasteiger partial charge in [0.15, 0.2) is 0 Å². The molecule has 0 radical (unpaired) electrons. The van der Waals surface area contributed by atoms with Crippen molar-refractivity contribution in [2.45, 2.75) is 46.0 Å². The van der Waals surface area contributed by atoms with Crippen LogP contribution in [0.2, 0.25) is 0 Å². The van der Waals surface area contributed by atoms with Gasteiger partial charge in [-0.2, -0.15) is 0 Å². The maximum atomic E-state index is 5.29. The third-order valence-electron chi connectivity index (χ3n) is 4.76. The second-order valence-electron chi connectivity index (χ2n) is 6.44. The third kappa shape index (κ3) is 2.65. The van der Waals surface area contributed by atoms with Gasteiger partial charge >= 0.3 is 0 Å². The molecular formula is C16H26O. The molecule has 0 amide bonds. The van der Waals surface area contributed by atoms with Crippen LogP contribution in [-0.2, 0) is 4.74 Å². The summed E-state index contributed by atoms with van der Waals surface area (Å²) in [6.07, 6.45) is 8.58. The Morgan fingerprint density at radius 3 is 2.82 bits per heavy atom. The van der Waals surface area contributed by atoms with Gasteiger partial charge in [0.25, 0.3) is 0 Å². The molecule has 0 spiro atoms. The van der Waals surface area contributed by atoms with Gasteiger partial charge in [0, 0.05) is 7.11 Å². The summed E-state index contributed by atoms with van der Waals surface area (Å²) in [6.45, 7) is 9.96. The smallest absolute Gasteiger partial charge is 0.0672 e. The normalized spacial score (nSPS) is 35.7. The van der Waals surface area contributed by atoms with E-state index in [4.69, 9.17) is 4.74 Å². The molecule has 1 heteroatoms. The highest BCUT2D eigenvalue weighted by Gasteiger charge is 2.47. The van der Waals surface area contributed by atoms with Crippen molar-refractivity contribution in [2.75, 3.05) is 13.7 Å². The van der Waals surface area contributed by atoms with Crippen LogP contribution in [-0.4, -0.2) is 13.7 Å². The van der Waals surface area contributed by atoms with Gasteiger partial charge < -0.3 is 4.74 Å². The minimum absolute atomic E-state index is 0.524. The van der Waals surface area contributed by atoms with Gasteiger partial charge in [-0.05, 0) is 54.9 Å². The first-order valence-corrected chi connectivity index (χ1v) is 6.89. The second kappa shape index (κ2) is 4.97. The largest absolute Gasteiger partial charge is 0.380 e. The highest BCUT2D eigenvalue weighted by molar-refractivity contribution is 5.17. The van der Waals surface area contributed by atoms with E-state index in [1.807, 2.05) is 0 Å². The summed E-state index contributed by atoms with van der Waals surface area (Å²) in [7, 11) is 1.79. The lowest BCUT2D eigenvalue weighted by Gasteiger charge is -2.53. The molecule has 0 aromatic rings. The highest BCUT2D eigenvalue weighted by Crippen LogP contribution is 2.56. The fourth-order valence-corrected chi connectivity index (χ4v) is 3.67. The molecule has 1 saturated carbocycles.